The molecule has 174 valence electrons. The van der Waals surface area contributed by atoms with Gasteiger partial charge in [0.1, 0.15) is 23.6 Å². The minimum absolute atomic E-state index is 0.139. The summed E-state index contributed by atoms with van der Waals surface area (Å²) in [5.41, 5.74) is 3.21. The van der Waals surface area contributed by atoms with Crippen LogP contribution in [0.5, 0.6) is 6.01 Å². The summed E-state index contributed by atoms with van der Waals surface area (Å²) < 4.78 is 18.1. The molecule has 0 unspecified atom stereocenters. The molecule has 0 atom stereocenters. The summed E-state index contributed by atoms with van der Waals surface area (Å²) in [5.74, 6) is 0.519. The molecule has 1 fully saturated rings. The number of urea groups is 1. The first-order valence-electron chi connectivity index (χ1n) is 10.8. The van der Waals surface area contributed by atoms with Crippen LogP contribution in [0.25, 0.3) is 22.3 Å². The van der Waals surface area contributed by atoms with Crippen LogP contribution in [0.3, 0.4) is 0 Å². The van der Waals surface area contributed by atoms with Crippen molar-refractivity contribution in [3.63, 3.8) is 0 Å². The van der Waals surface area contributed by atoms with Crippen molar-refractivity contribution >= 4 is 22.9 Å². The van der Waals surface area contributed by atoms with Crippen LogP contribution in [0.15, 0.2) is 49.1 Å². The number of piperazine rings is 1. The van der Waals surface area contributed by atoms with Gasteiger partial charge >= 0.3 is 12.0 Å². The van der Waals surface area contributed by atoms with Crippen molar-refractivity contribution in [1.29, 1.82) is 0 Å². The number of anilines is 1. The molecule has 34 heavy (non-hydrogen) atoms. The van der Waals surface area contributed by atoms with E-state index in [-0.39, 0.29) is 11.8 Å². The number of carbonyl (C=O) groups is 1. The number of hydrogen-bond donors (Lipinski definition) is 2. The molecule has 0 saturated carbocycles. The Bertz CT molecular complexity index is 1280. The highest BCUT2D eigenvalue weighted by Gasteiger charge is 2.23. The Kier molecular flexibility index (Phi) is 5.90. The molecule has 0 radical (unpaired) electrons. The molecule has 2 amide bonds. The first-order chi connectivity index (χ1) is 16.6. The fraction of sp³-hybridized carbons (Fsp3) is 0.261. The number of methoxy groups -OCH3 is 1. The van der Waals surface area contributed by atoms with E-state index in [9.17, 15) is 9.18 Å². The van der Waals surface area contributed by atoms with Crippen LogP contribution in [0.1, 0.15) is 5.56 Å². The molecular weight excluding hydrogens is 439 g/mol. The minimum Gasteiger partial charge on any atom is -0.467 e. The zero-order valence-electron chi connectivity index (χ0n) is 18.5. The van der Waals surface area contributed by atoms with Gasteiger partial charge in [0.15, 0.2) is 0 Å². The molecule has 11 heteroatoms. The molecule has 1 saturated heterocycles. The summed E-state index contributed by atoms with van der Waals surface area (Å²) in [6.45, 7) is 2.76. The Morgan fingerprint density at radius 1 is 1.09 bits per heavy atom. The largest absolute Gasteiger partial charge is 0.467 e. The third kappa shape index (κ3) is 4.45. The van der Waals surface area contributed by atoms with Crippen LogP contribution in [-0.4, -0.2) is 69.1 Å². The molecule has 3 aromatic heterocycles. The predicted molar refractivity (Wildman–Crippen MR) is 124 cm³/mol. The van der Waals surface area contributed by atoms with Gasteiger partial charge in [0.05, 0.1) is 18.2 Å². The summed E-state index contributed by atoms with van der Waals surface area (Å²) >= 11 is 0. The molecule has 4 heterocycles. The third-order valence-electron chi connectivity index (χ3n) is 5.75. The number of amides is 2. The topological polar surface area (TPSA) is 112 Å². The zero-order chi connectivity index (χ0) is 23.5. The average Bonchev–Trinajstić information content (AvgIpc) is 3.33. The number of aromatic amines is 1. The number of aromatic nitrogens is 5. The molecule has 1 aromatic carbocycles. The smallest absolute Gasteiger partial charge is 0.317 e. The van der Waals surface area contributed by atoms with Gasteiger partial charge in [-0.25, -0.2) is 29.1 Å². The fourth-order valence-electron chi connectivity index (χ4n) is 3.91. The Hall–Kier alpha value is -4.28. The highest BCUT2D eigenvalue weighted by Crippen LogP contribution is 2.29. The van der Waals surface area contributed by atoms with Crippen molar-refractivity contribution in [2.45, 2.75) is 6.54 Å². The van der Waals surface area contributed by atoms with E-state index in [1.54, 1.807) is 29.4 Å². The van der Waals surface area contributed by atoms with Crippen molar-refractivity contribution in [3.05, 3.63) is 60.4 Å². The third-order valence-corrected chi connectivity index (χ3v) is 5.75. The lowest BCUT2D eigenvalue weighted by molar-refractivity contribution is 0.194. The van der Waals surface area contributed by atoms with E-state index in [2.05, 4.69) is 35.1 Å². The van der Waals surface area contributed by atoms with Gasteiger partial charge in [0, 0.05) is 50.7 Å². The van der Waals surface area contributed by atoms with E-state index in [0.717, 1.165) is 33.7 Å². The highest BCUT2D eigenvalue weighted by molar-refractivity contribution is 5.92. The second-order valence-corrected chi connectivity index (χ2v) is 7.86. The van der Waals surface area contributed by atoms with Crippen LogP contribution < -0.4 is 15.0 Å². The second kappa shape index (κ2) is 9.30. The Balaban J connectivity index is 1.24. The number of ether oxygens (including phenoxy) is 1. The zero-order valence-corrected chi connectivity index (χ0v) is 18.5. The van der Waals surface area contributed by atoms with E-state index in [0.29, 0.717) is 38.7 Å². The molecule has 1 aliphatic heterocycles. The van der Waals surface area contributed by atoms with Crippen molar-refractivity contribution in [2.75, 3.05) is 38.2 Å². The maximum absolute atomic E-state index is 13.0. The standard InChI is InChI=1S/C23H23FN8O2/c1-34-22-25-12-16(13-26-22)19-10-18-20(30-19)28-14-29-21(18)31-6-8-32(9-7-31)23(33)27-11-15-2-4-17(24)5-3-15/h2-5,10,12-14H,6-9,11H2,1H3,(H,27,33)(H,28,29,30). The summed E-state index contributed by atoms with van der Waals surface area (Å²) in [7, 11) is 1.52. The average molecular weight is 462 g/mol. The number of nitrogens with zero attached hydrogens (tertiary/aromatic N) is 6. The Labute approximate surface area is 194 Å². The first-order valence-corrected chi connectivity index (χ1v) is 10.8. The van der Waals surface area contributed by atoms with Gasteiger partial charge in [-0.3, -0.25) is 0 Å². The van der Waals surface area contributed by atoms with Gasteiger partial charge in [0.25, 0.3) is 0 Å². The predicted octanol–water partition coefficient (Wildman–Crippen LogP) is 2.59. The lowest BCUT2D eigenvalue weighted by Crippen LogP contribution is -2.52. The molecule has 10 nitrogen and oxygen atoms in total. The van der Waals surface area contributed by atoms with Gasteiger partial charge in [0.2, 0.25) is 0 Å². The van der Waals surface area contributed by atoms with E-state index >= 15 is 0 Å². The van der Waals surface area contributed by atoms with Gasteiger partial charge < -0.3 is 24.8 Å². The number of carbonyl (C=O) groups excluding carboxylic acids is 1. The van der Waals surface area contributed by atoms with Gasteiger partial charge in [-0.1, -0.05) is 12.1 Å². The van der Waals surface area contributed by atoms with Crippen LogP contribution in [0, 0.1) is 5.82 Å². The van der Waals surface area contributed by atoms with Gasteiger partial charge in [-0.05, 0) is 23.8 Å². The number of nitrogens with one attached hydrogen (secondary N) is 2. The van der Waals surface area contributed by atoms with E-state index < -0.39 is 0 Å². The number of halogens is 1. The van der Waals surface area contributed by atoms with E-state index in [1.807, 2.05) is 6.07 Å². The van der Waals surface area contributed by atoms with Crippen LogP contribution >= 0.6 is 0 Å². The number of H-pyrrole nitrogens is 1. The summed E-state index contributed by atoms with van der Waals surface area (Å²) in [6, 6.07) is 8.25. The quantitative estimate of drug-likeness (QED) is 0.469. The SMILES string of the molecule is COc1ncc(-c2cc3c(N4CCN(C(=O)NCc5ccc(F)cc5)CC4)ncnc3[nH]2)cn1. The molecule has 0 aliphatic carbocycles. The van der Waals surface area contributed by atoms with Gasteiger partial charge in [-0.15, -0.1) is 0 Å². The lowest BCUT2D eigenvalue weighted by Gasteiger charge is -2.35. The van der Waals surface area contributed by atoms with Crippen LogP contribution in [0.2, 0.25) is 0 Å². The Morgan fingerprint density at radius 3 is 2.53 bits per heavy atom. The number of hydrogen-bond acceptors (Lipinski definition) is 7. The fourth-order valence-corrected chi connectivity index (χ4v) is 3.91. The molecule has 2 N–H and O–H groups in total. The summed E-state index contributed by atoms with van der Waals surface area (Å²) in [6.07, 6.45) is 4.91. The van der Waals surface area contributed by atoms with Crippen molar-refractivity contribution in [2.24, 2.45) is 0 Å². The Morgan fingerprint density at radius 2 is 1.82 bits per heavy atom. The number of fused-ring (bicyclic) bond motifs is 1. The van der Waals surface area contributed by atoms with E-state index in [1.165, 1.54) is 25.6 Å². The molecule has 1 aliphatic rings. The van der Waals surface area contributed by atoms with Crippen molar-refractivity contribution < 1.29 is 13.9 Å². The first kappa shape index (κ1) is 21.6. The maximum atomic E-state index is 13.0. The maximum Gasteiger partial charge on any atom is 0.317 e. The summed E-state index contributed by atoms with van der Waals surface area (Å²) in [5, 5.41) is 3.79. The van der Waals surface area contributed by atoms with Crippen LogP contribution in [0.4, 0.5) is 15.0 Å². The second-order valence-electron chi connectivity index (χ2n) is 7.86. The minimum atomic E-state index is -0.295. The molecule has 5 rings (SSSR count). The normalized spacial score (nSPS) is 13.8. The lowest BCUT2D eigenvalue weighted by atomic mass is 10.2. The number of benzene rings is 1. The van der Waals surface area contributed by atoms with Crippen molar-refractivity contribution in [1.82, 2.24) is 35.1 Å². The van der Waals surface area contributed by atoms with Crippen molar-refractivity contribution in [3.8, 4) is 17.3 Å². The molecule has 4 aromatic rings. The molecule has 0 bridgehead atoms. The molecule has 0 spiro atoms. The highest BCUT2D eigenvalue weighted by atomic mass is 19.1. The monoisotopic (exact) mass is 462 g/mol. The summed E-state index contributed by atoms with van der Waals surface area (Å²) in [4.78, 5) is 37.0. The molecular formula is C23H23FN8O2. The number of rotatable bonds is 5. The van der Waals surface area contributed by atoms with Crippen LogP contribution in [-0.2, 0) is 6.54 Å². The van der Waals surface area contributed by atoms with E-state index in [4.69, 9.17) is 4.74 Å². The van der Waals surface area contributed by atoms with Gasteiger partial charge in [-0.2, -0.15) is 0 Å².